The highest BCUT2D eigenvalue weighted by Crippen LogP contribution is 2.32. The molecule has 2 aromatic heterocycles. The summed E-state index contributed by atoms with van der Waals surface area (Å²) in [7, 11) is -3.74. The highest BCUT2D eigenvalue weighted by atomic mass is 35.5. The average Bonchev–Trinajstić information content (AvgIpc) is 3.33. The number of sulfonamides is 1. The summed E-state index contributed by atoms with van der Waals surface area (Å²) in [5.74, 6) is -0.233. The maximum Gasteiger partial charge on any atom is 0.265 e. The summed E-state index contributed by atoms with van der Waals surface area (Å²) in [6.07, 6.45) is 0.833. The van der Waals surface area contributed by atoms with Gasteiger partial charge in [0.25, 0.3) is 5.91 Å². The smallest absolute Gasteiger partial charge is 0.265 e. The molecule has 3 rings (SSSR count). The van der Waals surface area contributed by atoms with Crippen LogP contribution < -0.4 is 10.5 Å². The summed E-state index contributed by atoms with van der Waals surface area (Å²) in [4.78, 5) is 15.8. The third-order valence-corrected chi connectivity index (χ3v) is 7.82. The van der Waals surface area contributed by atoms with E-state index in [2.05, 4.69) is 11.6 Å². The summed E-state index contributed by atoms with van der Waals surface area (Å²) in [6, 6.07) is 5.23. The Hall–Kier alpha value is -0.970. The lowest BCUT2D eigenvalue weighted by atomic mass is 9.90. The predicted octanol–water partition coefficient (Wildman–Crippen LogP) is 2.52. The molecule has 0 bridgehead atoms. The largest absolute Gasteiger partial charge is 0.337 e. The van der Waals surface area contributed by atoms with Crippen LogP contribution in [0.4, 0.5) is 0 Å². The van der Waals surface area contributed by atoms with Crippen LogP contribution >= 0.6 is 35.1 Å². The highest BCUT2D eigenvalue weighted by molar-refractivity contribution is 7.89. The first kappa shape index (κ1) is 21.3. The molecule has 0 saturated carbocycles. The van der Waals surface area contributed by atoms with Crippen LogP contribution in [-0.2, 0) is 16.6 Å². The van der Waals surface area contributed by atoms with Crippen LogP contribution in [0.5, 0.6) is 0 Å². The lowest BCUT2D eigenvalue weighted by Crippen LogP contribution is -2.35. The van der Waals surface area contributed by atoms with Crippen molar-refractivity contribution < 1.29 is 13.2 Å². The molecule has 0 radical (unpaired) electrons. The normalized spacial score (nSPS) is 20.2. The van der Waals surface area contributed by atoms with Crippen molar-refractivity contribution in [3.05, 3.63) is 38.7 Å². The predicted molar refractivity (Wildman–Crippen MR) is 108 cm³/mol. The number of amides is 1. The summed E-state index contributed by atoms with van der Waals surface area (Å²) in [5.41, 5.74) is 5.70. The van der Waals surface area contributed by atoms with Crippen LogP contribution in [0, 0.1) is 5.41 Å². The molecule has 1 saturated heterocycles. The van der Waals surface area contributed by atoms with Gasteiger partial charge in [-0.2, -0.15) is 0 Å². The molecule has 0 aliphatic carbocycles. The lowest BCUT2D eigenvalue weighted by molar-refractivity contribution is 0.0778. The van der Waals surface area contributed by atoms with Gasteiger partial charge in [0.05, 0.1) is 0 Å². The molecule has 0 spiro atoms. The number of halogens is 1. The van der Waals surface area contributed by atoms with Gasteiger partial charge in [0.2, 0.25) is 10.0 Å². The maximum absolute atomic E-state index is 12.8. The molecule has 10 heteroatoms. The van der Waals surface area contributed by atoms with E-state index in [0.29, 0.717) is 19.6 Å². The Morgan fingerprint density at radius 1 is 1.35 bits per heavy atom. The Balaban J connectivity index is 0.00000243. The minimum absolute atomic E-state index is 0. The fraction of sp³-hybridized carbons (Fsp3) is 0.438. The fourth-order valence-corrected chi connectivity index (χ4v) is 5.96. The zero-order chi connectivity index (χ0) is 18.1. The second-order valence-electron chi connectivity index (χ2n) is 6.51. The molecule has 0 aromatic carbocycles. The second kappa shape index (κ2) is 8.37. The number of likely N-dealkylation sites (tertiary alicyclic amines) is 1. The van der Waals surface area contributed by atoms with Crippen molar-refractivity contribution in [2.24, 2.45) is 11.1 Å². The van der Waals surface area contributed by atoms with Gasteiger partial charge >= 0.3 is 0 Å². The number of nitrogens with one attached hydrogen (secondary N) is 1. The van der Waals surface area contributed by atoms with Crippen LogP contribution in [0.15, 0.2) is 33.9 Å². The Kier molecular flexibility index (Phi) is 6.86. The van der Waals surface area contributed by atoms with Gasteiger partial charge in [0.15, 0.2) is 0 Å². The molecule has 1 unspecified atom stereocenters. The maximum atomic E-state index is 12.8. The van der Waals surface area contributed by atoms with Crippen molar-refractivity contribution >= 4 is 51.0 Å². The Bertz CT molecular complexity index is 851. The highest BCUT2D eigenvalue weighted by Gasteiger charge is 2.37. The summed E-state index contributed by atoms with van der Waals surface area (Å²) in [5, 5.41) is 3.54. The van der Waals surface area contributed by atoms with Crippen LogP contribution in [0.1, 0.15) is 27.9 Å². The zero-order valence-corrected chi connectivity index (χ0v) is 17.6. The van der Waals surface area contributed by atoms with Crippen molar-refractivity contribution in [2.75, 3.05) is 19.6 Å². The van der Waals surface area contributed by atoms with E-state index in [4.69, 9.17) is 5.73 Å². The first-order valence-corrected chi connectivity index (χ1v) is 11.2. The van der Waals surface area contributed by atoms with Gasteiger partial charge in [-0.05, 0) is 41.3 Å². The minimum atomic E-state index is -3.74. The van der Waals surface area contributed by atoms with E-state index in [-0.39, 0.29) is 40.0 Å². The number of carbonyl (C=O) groups excluding carboxylic acids is 1. The zero-order valence-electron chi connectivity index (χ0n) is 14.3. The van der Waals surface area contributed by atoms with Crippen LogP contribution in [0.2, 0.25) is 0 Å². The summed E-state index contributed by atoms with van der Waals surface area (Å²) >= 11 is 2.65. The molecule has 6 nitrogen and oxygen atoms in total. The number of hydrogen-bond acceptors (Lipinski definition) is 6. The van der Waals surface area contributed by atoms with Crippen LogP contribution in [0.25, 0.3) is 0 Å². The molecular formula is C16H22ClN3O3S3. The SMILES string of the molecule is CC1(CN)CCN(C(=O)c2sccc2S(=O)(=O)NCc2cccs2)C1.Cl. The molecule has 1 fully saturated rings. The second-order valence-corrected chi connectivity index (χ2v) is 10.2. The van der Waals surface area contributed by atoms with E-state index in [1.807, 2.05) is 17.5 Å². The number of thiophene rings is 2. The Morgan fingerprint density at radius 2 is 2.12 bits per heavy atom. The number of hydrogen-bond donors (Lipinski definition) is 2. The average molecular weight is 436 g/mol. The van der Waals surface area contributed by atoms with E-state index in [1.165, 1.54) is 17.4 Å². The van der Waals surface area contributed by atoms with Gasteiger partial charge in [0.1, 0.15) is 9.77 Å². The van der Waals surface area contributed by atoms with Crippen molar-refractivity contribution in [1.82, 2.24) is 9.62 Å². The van der Waals surface area contributed by atoms with Gasteiger partial charge < -0.3 is 10.6 Å². The molecule has 1 aliphatic rings. The van der Waals surface area contributed by atoms with E-state index < -0.39 is 10.0 Å². The molecule has 1 atom stereocenters. The Morgan fingerprint density at radius 3 is 2.73 bits per heavy atom. The number of nitrogens with two attached hydrogens (primary N) is 1. The van der Waals surface area contributed by atoms with E-state index >= 15 is 0 Å². The Labute approximate surface area is 167 Å². The van der Waals surface area contributed by atoms with Crippen molar-refractivity contribution in [3.8, 4) is 0 Å². The van der Waals surface area contributed by atoms with E-state index in [1.54, 1.807) is 10.3 Å². The standard InChI is InChI=1S/C16H21N3O3S3.ClH/c1-16(10-17)5-6-19(11-16)15(20)14-13(4-8-24-14)25(21,22)18-9-12-3-2-7-23-12;/h2-4,7-8,18H,5-6,9-11,17H2,1H3;1H. The van der Waals surface area contributed by atoms with Crippen molar-refractivity contribution in [1.29, 1.82) is 0 Å². The minimum Gasteiger partial charge on any atom is -0.337 e. The van der Waals surface area contributed by atoms with Gasteiger partial charge in [-0.3, -0.25) is 4.79 Å². The van der Waals surface area contributed by atoms with Gasteiger partial charge in [-0.25, -0.2) is 13.1 Å². The van der Waals surface area contributed by atoms with Crippen molar-refractivity contribution in [3.63, 3.8) is 0 Å². The summed E-state index contributed by atoms with van der Waals surface area (Å²) in [6.45, 7) is 3.94. The van der Waals surface area contributed by atoms with Crippen LogP contribution in [0.3, 0.4) is 0 Å². The third-order valence-electron chi connectivity index (χ3n) is 4.47. The quantitative estimate of drug-likeness (QED) is 0.729. The first-order chi connectivity index (χ1) is 11.8. The molecule has 26 heavy (non-hydrogen) atoms. The topological polar surface area (TPSA) is 92.5 Å². The molecule has 3 N–H and O–H groups in total. The number of nitrogens with zero attached hydrogens (tertiary/aromatic N) is 1. The molecule has 1 amide bonds. The van der Waals surface area contributed by atoms with Crippen molar-refractivity contribution in [2.45, 2.75) is 24.8 Å². The fourth-order valence-electron chi connectivity index (χ4n) is 2.83. The molecule has 1 aliphatic heterocycles. The van der Waals surface area contributed by atoms with Gasteiger partial charge in [-0.15, -0.1) is 35.1 Å². The van der Waals surface area contributed by atoms with E-state index in [0.717, 1.165) is 22.6 Å². The number of carbonyl (C=O) groups is 1. The van der Waals surface area contributed by atoms with E-state index in [9.17, 15) is 13.2 Å². The van der Waals surface area contributed by atoms with Gasteiger partial charge in [0, 0.05) is 24.5 Å². The van der Waals surface area contributed by atoms with Gasteiger partial charge in [-0.1, -0.05) is 13.0 Å². The third kappa shape index (κ3) is 4.47. The molecule has 2 aromatic rings. The molecule has 144 valence electrons. The first-order valence-electron chi connectivity index (χ1n) is 7.93. The van der Waals surface area contributed by atoms with Crippen LogP contribution in [-0.4, -0.2) is 38.9 Å². The monoisotopic (exact) mass is 435 g/mol. The molecular weight excluding hydrogens is 414 g/mol. The number of rotatable bonds is 6. The summed E-state index contributed by atoms with van der Waals surface area (Å²) < 4.78 is 27.8. The molecule has 3 heterocycles. The lowest BCUT2D eigenvalue weighted by Gasteiger charge is -2.22.